The molecule has 20 heavy (non-hydrogen) atoms. The lowest BCUT2D eigenvalue weighted by Crippen LogP contribution is -2.43. The van der Waals surface area contributed by atoms with Crippen LogP contribution in [0, 0.1) is 17.2 Å². The van der Waals surface area contributed by atoms with Crippen molar-refractivity contribution in [2.45, 2.75) is 26.3 Å². The van der Waals surface area contributed by atoms with Gasteiger partial charge in [-0.1, -0.05) is 19.9 Å². The topological polar surface area (TPSA) is 102 Å². The maximum Gasteiger partial charge on any atom is 0.326 e. The summed E-state index contributed by atoms with van der Waals surface area (Å²) in [5.41, 5.74) is 0.856. The van der Waals surface area contributed by atoms with Crippen molar-refractivity contribution in [2.75, 3.05) is 5.32 Å². The maximum atomic E-state index is 11.7. The Kier molecular flexibility index (Phi) is 5.54. The van der Waals surface area contributed by atoms with E-state index in [9.17, 15) is 9.59 Å². The molecule has 6 heteroatoms. The van der Waals surface area contributed by atoms with Gasteiger partial charge in [0.1, 0.15) is 6.04 Å². The third-order valence-electron chi connectivity index (χ3n) is 2.56. The van der Waals surface area contributed by atoms with E-state index < -0.39 is 18.0 Å². The van der Waals surface area contributed by atoms with Gasteiger partial charge in [-0.15, -0.1) is 0 Å². The number of nitrogens with one attached hydrogen (secondary N) is 2. The first kappa shape index (κ1) is 15.5. The Morgan fingerprint density at radius 3 is 2.65 bits per heavy atom. The largest absolute Gasteiger partial charge is 0.480 e. The quantitative estimate of drug-likeness (QED) is 0.766. The van der Waals surface area contributed by atoms with E-state index in [1.807, 2.05) is 19.9 Å². The van der Waals surface area contributed by atoms with Gasteiger partial charge in [0.2, 0.25) is 0 Å². The molecule has 0 aromatic heterocycles. The number of urea groups is 1. The van der Waals surface area contributed by atoms with Gasteiger partial charge in [-0.2, -0.15) is 5.26 Å². The molecule has 0 heterocycles. The average molecular weight is 275 g/mol. The minimum Gasteiger partial charge on any atom is -0.480 e. The standard InChI is InChI=1S/C14H17N3O3/c1-9(2)6-12(13(18)19)17-14(20)16-11-5-3-4-10(7-11)8-15/h3-5,7,9,12H,6H2,1-2H3,(H,18,19)(H2,16,17,20)/t12-/m1/s1. The second-order valence-corrected chi connectivity index (χ2v) is 4.81. The molecular formula is C14H17N3O3. The summed E-state index contributed by atoms with van der Waals surface area (Å²) in [6, 6.07) is 6.80. The van der Waals surface area contributed by atoms with E-state index in [4.69, 9.17) is 10.4 Å². The van der Waals surface area contributed by atoms with E-state index in [0.29, 0.717) is 17.7 Å². The van der Waals surface area contributed by atoms with Crippen LogP contribution in [0.5, 0.6) is 0 Å². The van der Waals surface area contributed by atoms with Gasteiger partial charge in [0.05, 0.1) is 11.6 Å². The van der Waals surface area contributed by atoms with Crippen LogP contribution >= 0.6 is 0 Å². The van der Waals surface area contributed by atoms with Crippen molar-refractivity contribution in [2.24, 2.45) is 5.92 Å². The Balaban J connectivity index is 2.66. The number of carbonyl (C=O) groups is 2. The molecule has 0 spiro atoms. The van der Waals surface area contributed by atoms with Crippen LogP contribution in [0.25, 0.3) is 0 Å². The number of carbonyl (C=O) groups excluding carboxylic acids is 1. The summed E-state index contributed by atoms with van der Waals surface area (Å²) in [7, 11) is 0. The van der Waals surface area contributed by atoms with Crippen LogP contribution in [0.4, 0.5) is 10.5 Å². The Bertz CT molecular complexity index is 535. The number of anilines is 1. The van der Waals surface area contributed by atoms with E-state index in [0.717, 1.165) is 0 Å². The average Bonchev–Trinajstić information content (AvgIpc) is 2.37. The molecule has 3 N–H and O–H groups in total. The number of benzene rings is 1. The zero-order valence-electron chi connectivity index (χ0n) is 11.4. The number of hydrogen-bond acceptors (Lipinski definition) is 3. The van der Waals surface area contributed by atoms with Gasteiger partial charge in [0, 0.05) is 5.69 Å². The summed E-state index contributed by atoms with van der Waals surface area (Å²) < 4.78 is 0. The highest BCUT2D eigenvalue weighted by molar-refractivity contribution is 5.92. The Labute approximate surface area is 117 Å². The fourth-order valence-corrected chi connectivity index (χ4v) is 1.68. The monoisotopic (exact) mass is 275 g/mol. The number of nitrogens with zero attached hydrogens (tertiary/aromatic N) is 1. The third-order valence-corrected chi connectivity index (χ3v) is 2.56. The number of rotatable bonds is 5. The molecule has 106 valence electrons. The van der Waals surface area contributed by atoms with Crippen LogP contribution in [-0.4, -0.2) is 23.1 Å². The van der Waals surface area contributed by atoms with Gasteiger partial charge in [-0.25, -0.2) is 9.59 Å². The second kappa shape index (κ2) is 7.14. The molecule has 6 nitrogen and oxygen atoms in total. The van der Waals surface area contributed by atoms with Crippen LogP contribution in [0.15, 0.2) is 24.3 Å². The van der Waals surface area contributed by atoms with E-state index in [1.54, 1.807) is 18.2 Å². The first-order valence-electron chi connectivity index (χ1n) is 6.23. The molecule has 1 aromatic carbocycles. The van der Waals surface area contributed by atoms with Crippen molar-refractivity contribution >= 4 is 17.7 Å². The molecule has 0 aliphatic rings. The number of carboxylic acid groups (broad SMARTS) is 1. The maximum absolute atomic E-state index is 11.7. The highest BCUT2D eigenvalue weighted by Gasteiger charge is 2.20. The van der Waals surface area contributed by atoms with E-state index in [2.05, 4.69) is 10.6 Å². The fraction of sp³-hybridized carbons (Fsp3) is 0.357. The van der Waals surface area contributed by atoms with Crippen LogP contribution in [0.3, 0.4) is 0 Å². The lowest BCUT2D eigenvalue weighted by Gasteiger charge is -2.16. The van der Waals surface area contributed by atoms with Gasteiger partial charge < -0.3 is 15.7 Å². The number of hydrogen-bond donors (Lipinski definition) is 3. The number of nitriles is 1. The minimum absolute atomic E-state index is 0.151. The summed E-state index contributed by atoms with van der Waals surface area (Å²) in [5.74, 6) is -0.919. The first-order valence-corrected chi connectivity index (χ1v) is 6.23. The molecule has 0 aliphatic heterocycles. The fourth-order valence-electron chi connectivity index (χ4n) is 1.68. The van der Waals surface area contributed by atoms with Gasteiger partial charge >= 0.3 is 12.0 Å². The SMILES string of the molecule is CC(C)C[C@@H](NC(=O)Nc1cccc(C#N)c1)C(=O)O. The summed E-state index contributed by atoms with van der Waals surface area (Å²) in [5, 5.41) is 22.7. The molecule has 0 radical (unpaired) electrons. The molecular weight excluding hydrogens is 258 g/mol. The van der Waals surface area contributed by atoms with Crippen molar-refractivity contribution in [3.05, 3.63) is 29.8 Å². The molecule has 0 aliphatic carbocycles. The number of amides is 2. The molecule has 1 rings (SSSR count). The van der Waals surface area contributed by atoms with E-state index in [-0.39, 0.29) is 5.92 Å². The number of aliphatic carboxylic acids is 1. The summed E-state index contributed by atoms with van der Waals surface area (Å²) in [6.07, 6.45) is 0.348. The van der Waals surface area contributed by atoms with Gasteiger partial charge in [-0.05, 0) is 30.5 Å². The minimum atomic E-state index is -1.07. The molecule has 0 bridgehead atoms. The third kappa shape index (κ3) is 4.98. The smallest absolute Gasteiger partial charge is 0.326 e. The summed E-state index contributed by atoms with van der Waals surface area (Å²) in [6.45, 7) is 3.76. The van der Waals surface area contributed by atoms with Crippen molar-refractivity contribution in [1.82, 2.24) is 5.32 Å². The van der Waals surface area contributed by atoms with E-state index in [1.165, 1.54) is 6.07 Å². The number of carboxylic acids is 1. The molecule has 0 fully saturated rings. The Hall–Kier alpha value is -2.55. The van der Waals surface area contributed by atoms with Crippen LogP contribution in [0.1, 0.15) is 25.8 Å². The van der Waals surface area contributed by atoms with Crippen molar-refractivity contribution in [1.29, 1.82) is 5.26 Å². The highest BCUT2D eigenvalue weighted by Crippen LogP contribution is 2.10. The lowest BCUT2D eigenvalue weighted by molar-refractivity contribution is -0.139. The summed E-state index contributed by atoms with van der Waals surface area (Å²) >= 11 is 0. The molecule has 0 saturated carbocycles. The van der Waals surface area contributed by atoms with Crippen LogP contribution in [0.2, 0.25) is 0 Å². The summed E-state index contributed by atoms with van der Waals surface area (Å²) in [4.78, 5) is 22.8. The van der Waals surface area contributed by atoms with E-state index >= 15 is 0 Å². The predicted molar refractivity (Wildman–Crippen MR) is 74.2 cm³/mol. The molecule has 0 unspecified atom stereocenters. The molecule has 1 aromatic rings. The first-order chi connectivity index (χ1) is 9.42. The Morgan fingerprint density at radius 1 is 1.40 bits per heavy atom. The molecule has 0 saturated heterocycles. The molecule has 1 atom stereocenters. The van der Waals surface area contributed by atoms with Gasteiger partial charge in [-0.3, -0.25) is 0 Å². The Morgan fingerprint density at radius 2 is 2.10 bits per heavy atom. The van der Waals surface area contributed by atoms with Gasteiger partial charge in [0.15, 0.2) is 0 Å². The van der Waals surface area contributed by atoms with Crippen molar-refractivity contribution in [3.63, 3.8) is 0 Å². The van der Waals surface area contributed by atoms with Gasteiger partial charge in [0.25, 0.3) is 0 Å². The predicted octanol–water partition coefficient (Wildman–Crippen LogP) is 2.18. The second-order valence-electron chi connectivity index (χ2n) is 4.81. The van der Waals surface area contributed by atoms with Crippen molar-refractivity contribution < 1.29 is 14.7 Å². The van der Waals surface area contributed by atoms with Crippen LogP contribution in [-0.2, 0) is 4.79 Å². The lowest BCUT2D eigenvalue weighted by atomic mass is 10.0. The molecule has 2 amide bonds. The highest BCUT2D eigenvalue weighted by atomic mass is 16.4. The normalized spacial score (nSPS) is 11.5. The van der Waals surface area contributed by atoms with Crippen molar-refractivity contribution in [3.8, 4) is 6.07 Å². The van der Waals surface area contributed by atoms with Crippen LogP contribution < -0.4 is 10.6 Å². The zero-order valence-corrected chi connectivity index (χ0v) is 11.4. The zero-order chi connectivity index (χ0) is 15.1.